The minimum Gasteiger partial charge on any atom is -0.497 e. The molecular weight excluding hydrogens is 386 g/mol. The van der Waals surface area contributed by atoms with Gasteiger partial charge < -0.3 is 14.4 Å². The first-order chi connectivity index (χ1) is 14.5. The molecule has 0 radical (unpaired) electrons. The fourth-order valence-electron chi connectivity index (χ4n) is 3.07. The third-order valence-corrected chi connectivity index (χ3v) is 4.79. The van der Waals surface area contributed by atoms with Crippen molar-refractivity contribution in [3.05, 3.63) is 70.6 Å². The van der Waals surface area contributed by atoms with Gasteiger partial charge in [0.2, 0.25) is 0 Å². The Morgan fingerprint density at radius 3 is 2.37 bits per heavy atom. The molecule has 2 aromatic carbocycles. The Bertz CT molecular complexity index is 1270. The second kappa shape index (κ2) is 7.70. The van der Waals surface area contributed by atoms with Gasteiger partial charge in [0.05, 0.1) is 18.5 Å². The van der Waals surface area contributed by atoms with E-state index in [1.54, 1.807) is 50.0 Å². The lowest BCUT2D eigenvalue weighted by Gasteiger charge is -2.07. The third-order valence-electron chi connectivity index (χ3n) is 4.79. The number of aromatic hydroxyl groups is 1. The quantitative estimate of drug-likeness (QED) is 0.499. The van der Waals surface area contributed by atoms with E-state index in [0.717, 1.165) is 0 Å². The summed E-state index contributed by atoms with van der Waals surface area (Å²) in [5, 5.41) is 22.1. The lowest BCUT2D eigenvalue weighted by molar-refractivity contribution is 0.279. The van der Waals surface area contributed by atoms with Crippen LogP contribution in [-0.2, 0) is 7.05 Å². The molecule has 0 amide bonds. The Morgan fingerprint density at radius 1 is 1.03 bits per heavy atom. The number of benzene rings is 2. The molecule has 4 rings (SSSR count). The van der Waals surface area contributed by atoms with Crippen LogP contribution in [0.1, 0.15) is 5.69 Å². The van der Waals surface area contributed by atoms with Crippen LogP contribution in [0.3, 0.4) is 0 Å². The Morgan fingerprint density at radius 2 is 1.70 bits per heavy atom. The largest absolute Gasteiger partial charge is 0.497 e. The fourth-order valence-corrected chi connectivity index (χ4v) is 3.07. The molecule has 2 aromatic heterocycles. The fraction of sp³-hybridized carbons (Fsp3) is 0.143. The molecule has 0 aliphatic heterocycles. The van der Waals surface area contributed by atoms with Crippen LogP contribution in [0.25, 0.3) is 16.9 Å². The number of nitrogens with zero attached hydrogens (tertiary/aromatic N) is 5. The summed E-state index contributed by atoms with van der Waals surface area (Å²) in [6.45, 7) is 1.77. The summed E-state index contributed by atoms with van der Waals surface area (Å²) >= 11 is 0. The van der Waals surface area contributed by atoms with Crippen LogP contribution in [0.2, 0.25) is 0 Å². The molecule has 30 heavy (non-hydrogen) atoms. The van der Waals surface area contributed by atoms with Crippen molar-refractivity contribution < 1.29 is 14.4 Å². The standard InChI is InChI=1S/C21H19N5O4/c1-13-17(20(27)26(25(13)2)15-7-5-4-6-8-15)22-23-19-18(24-30-21(19)28)14-9-11-16(29-3)12-10-14/h4-12,28H,1-3H3. The van der Waals surface area contributed by atoms with Crippen LogP contribution in [0.5, 0.6) is 11.7 Å². The second-order valence-corrected chi connectivity index (χ2v) is 6.52. The molecule has 1 N–H and O–H groups in total. The maximum atomic E-state index is 13.0. The van der Waals surface area contributed by atoms with Gasteiger partial charge in [-0.2, -0.15) is 0 Å². The first-order valence-corrected chi connectivity index (χ1v) is 9.10. The van der Waals surface area contributed by atoms with E-state index in [2.05, 4.69) is 15.4 Å². The molecule has 0 bridgehead atoms. The van der Waals surface area contributed by atoms with Gasteiger partial charge in [-0.25, -0.2) is 4.68 Å². The highest BCUT2D eigenvalue weighted by Crippen LogP contribution is 2.38. The van der Waals surface area contributed by atoms with Crippen LogP contribution in [0, 0.1) is 6.92 Å². The average Bonchev–Trinajstić information content (AvgIpc) is 3.24. The highest BCUT2D eigenvalue weighted by molar-refractivity contribution is 5.74. The average molecular weight is 405 g/mol. The molecule has 0 fully saturated rings. The number of methoxy groups -OCH3 is 1. The van der Waals surface area contributed by atoms with Crippen molar-refractivity contribution in [2.24, 2.45) is 17.3 Å². The lowest BCUT2D eigenvalue weighted by atomic mass is 10.1. The zero-order valence-electron chi connectivity index (χ0n) is 16.6. The maximum Gasteiger partial charge on any atom is 0.337 e. The van der Waals surface area contributed by atoms with Gasteiger partial charge in [0, 0.05) is 12.6 Å². The summed E-state index contributed by atoms with van der Waals surface area (Å²) in [6.07, 6.45) is 0. The number of ether oxygens (including phenoxy) is 1. The van der Waals surface area contributed by atoms with Crippen LogP contribution in [-0.4, -0.2) is 26.7 Å². The number of rotatable bonds is 5. The van der Waals surface area contributed by atoms with Crippen molar-refractivity contribution in [2.45, 2.75) is 6.92 Å². The van der Waals surface area contributed by atoms with Gasteiger partial charge in [-0.1, -0.05) is 23.4 Å². The van der Waals surface area contributed by atoms with E-state index in [9.17, 15) is 9.90 Å². The van der Waals surface area contributed by atoms with Crippen LogP contribution >= 0.6 is 0 Å². The smallest absolute Gasteiger partial charge is 0.337 e. The molecule has 0 saturated heterocycles. The summed E-state index contributed by atoms with van der Waals surface area (Å²) in [4.78, 5) is 13.0. The van der Waals surface area contributed by atoms with Gasteiger partial charge in [0.15, 0.2) is 11.4 Å². The third kappa shape index (κ3) is 3.26. The zero-order valence-corrected chi connectivity index (χ0v) is 16.6. The summed E-state index contributed by atoms with van der Waals surface area (Å²) in [5.41, 5.74) is 2.15. The molecule has 0 saturated carbocycles. The van der Waals surface area contributed by atoms with Crippen LogP contribution in [0.15, 0.2) is 74.1 Å². The predicted octanol–water partition coefficient (Wildman–Crippen LogP) is 4.27. The van der Waals surface area contributed by atoms with E-state index in [1.807, 2.05) is 30.3 Å². The topological polar surface area (TPSA) is 107 Å². The van der Waals surface area contributed by atoms with E-state index in [4.69, 9.17) is 9.26 Å². The molecular formula is C21H19N5O4. The summed E-state index contributed by atoms with van der Waals surface area (Å²) in [6, 6.07) is 16.2. The number of hydrogen-bond donors (Lipinski definition) is 1. The number of aromatic nitrogens is 3. The molecule has 9 heteroatoms. The second-order valence-electron chi connectivity index (χ2n) is 6.52. The Kier molecular flexibility index (Phi) is 4.93. The van der Waals surface area contributed by atoms with E-state index in [0.29, 0.717) is 28.4 Å². The van der Waals surface area contributed by atoms with Gasteiger partial charge in [0.1, 0.15) is 11.4 Å². The Hall–Kier alpha value is -4.14. The van der Waals surface area contributed by atoms with Crippen LogP contribution in [0.4, 0.5) is 11.4 Å². The summed E-state index contributed by atoms with van der Waals surface area (Å²) in [7, 11) is 3.34. The van der Waals surface area contributed by atoms with E-state index in [-0.39, 0.29) is 16.9 Å². The number of para-hydroxylation sites is 1. The van der Waals surface area contributed by atoms with Crippen molar-refractivity contribution in [2.75, 3.05) is 7.11 Å². The molecule has 4 aromatic rings. The number of azo groups is 1. The van der Waals surface area contributed by atoms with Gasteiger partial charge in [-0.3, -0.25) is 9.48 Å². The highest BCUT2D eigenvalue weighted by Gasteiger charge is 2.19. The van der Waals surface area contributed by atoms with E-state index >= 15 is 0 Å². The first kappa shape index (κ1) is 19.2. The van der Waals surface area contributed by atoms with Gasteiger partial charge >= 0.3 is 5.95 Å². The SMILES string of the molecule is COc1ccc(-c2noc(O)c2N=Nc2c(C)n(C)n(-c3ccccc3)c2=O)cc1. The van der Waals surface area contributed by atoms with E-state index in [1.165, 1.54) is 4.68 Å². The van der Waals surface area contributed by atoms with Crippen molar-refractivity contribution in [1.82, 2.24) is 14.5 Å². The minimum atomic E-state index is -0.485. The van der Waals surface area contributed by atoms with Crippen molar-refractivity contribution in [3.63, 3.8) is 0 Å². The molecule has 0 unspecified atom stereocenters. The van der Waals surface area contributed by atoms with Crippen molar-refractivity contribution >= 4 is 11.4 Å². The van der Waals surface area contributed by atoms with E-state index < -0.39 is 5.95 Å². The molecule has 0 aliphatic rings. The lowest BCUT2D eigenvalue weighted by Crippen LogP contribution is -2.19. The Labute approximate surface area is 171 Å². The molecule has 152 valence electrons. The minimum absolute atomic E-state index is 0.0362. The monoisotopic (exact) mass is 405 g/mol. The first-order valence-electron chi connectivity index (χ1n) is 9.10. The normalized spacial score (nSPS) is 11.3. The summed E-state index contributed by atoms with van der Waals surface area (Å²) < 4.78 is 13.2. The molecule has 2 heterocycles. The molecule has 0 spiro atoms. The predicted molar refractivity (Wildman–Crippen MR) is 110 cm³/mol. The maximum absolute atomic E-state index is 13.0. The van der Waals surface area contributed by atoms with Gasteiger partial charge in [-0.15, -0.1) is 10.2 Å². The highest BCUT2D eigenvalue weighted by atomic mass is 16.5. The van der Waals surface area contributed by atoms with Crippen molar-refractivity contribution in [1.29, 1.82) is 0 Å². The summed E-state index contributed by atoms with van der Waals surface area (Å²) in [5.74, 6) is 0.192. The molecule has 0 aliphatic carbocycles. The molecule has 9 nitrogen and oxygen atoms in total. The molecule has 0 atom stereocenters. The van der Waals surface area contributed by atoms with Crippen LogP contribution < -0.4 is 10.3 Å². The van der Waals surface area contributed by atoms with Gasteiger partial charge in [-0.05, 0) is 43.3 Å². The number of hydrogen-bond acceptors (Lipinski definition) is 7. The van der Waals surface area contributed by atoms with Gasteiger partial charge in [0.25, 0.3) is 5.56 Å². The Balaban J connectivity index is 1.75. The van der Waals surface area contributed by atoms with Crippen molar-refractivity contribution in [3.8, 4) is 28.6 Å². The zero-order chi connectivity index (χ0) is 21.3.